The molecule has 2 N–H and O–H groups in total. The van der Waals surface area contributed by atoms with E-state index in [9.17, 15) is 13.2 Å². The number of nitrogens with zero attached hydrogens (tertiary/aromatic N) is 4. The van der Waals surface area contributed by atoms with Gasteiger partial charge in [-0.1, -0.05) is 13.0 Å². The smallest absolute Gasteiger partial charge is 0.416 e. The van der Waals surface area contributed by atoms with Gasteiger partial charge in [-0.15, -0.1) is 10.2 Å². The lowest BCUT2D eigenvalue weighted by Crippen LogP contribution is -2.38. The molecule has 0 saturated heterocycles. The molecule has 0 atom stereocenters. The van der Waals surface area contributed by atoms with Gasteiger partial charge in [-0.2, -0.15) is 13.2 Å². The molecule has 0 aliphatic heterocycles. The number of hydrogen-bond acceptors (Lipinski definition) is 4. The fraction of sp³-hybridized carbons (Fsp3) is 0.550. The van der Waals surface area contributed by atoms with Crippen molar-refractivity contribution >= 4 is 5.96 Å². The topological polar surface area (TPSA) is 76.4 Å². The molecule has 1 aromatic carbocycles. The monoisotopic (exact) mass is 426 g/mol. The lowest BCUT2D eigenvalue weighted by Gasteiger charge is -2.23. The Bertz CT molecular complexity index is 855. The largest absolute Gasteiger partial charge is 0.488 e. The van der Waals surface area contributed by atoms with Crippen molar-refractivity contribution in [2.24, 2.45) is 4.99 Å². The van der Waals surface area contributed by atoms with Crippen LogP contribution in [0.4, 0.5) is 13.2 Å². The third-order valence-electron chi connectivity index (χ3n) is 4.14. The van der Waals surface area contributed by atoms with E-state index >= 15 is 0 Å². The highest BCUT2D eigenvalue weighted by Gasteiger charge is 2.34. The number of halogens is 3. The van der Waals surface area contributed by atoms with Crippen LogP contribution in [0.3, 0.4) is 0 Å². The molecule has 0 fully saturated rings. The Balaban J connectivity index is 2.01. The first-order valence-corrected chi connectivity index (χ1v) is 9.74. The Morgan fingerprint density at radius 3 is 2.53 bits per heavy atom. The summed E-state index contributed by atoms with van der Waals surface area (Å²) in [6.45, 7) is 8.46. The van der Waals surface area contributed by atoms with Gasteiger partial charge in [0.1, 0.15) is 23.5 Å². The van der Waals surface area contributed by atoms with E-state index in [1.807, 2.05) is 11.5 Å². The van der Waals surface area contributed by atoms with E-state index in [2.05, 4.69) is 25.8 Å². The predicted molar refractivity (Wildman–Crippen MR) is 109 cm³/mol. The van der Waals surface area contributed by atoms with E-state index in [-0.39, 0.29) is 17.9 Å². The molecule has 7 nitrogen and oxygen atoms in total. The summed E-state index contributed by atoms with van der Waals surface area (Å²) >= 11 is 0. The van der Waals surface area contributed by atoms with Crippen LogP contribution in [0.15, 0.2) is 29.5 Å². The van der Waals surface area contributed by atoms with Gasteiger partial charge in [0, 0.05) is 33.1 Å². The van der Waals surface area contributed by atoms with Crippen LogP contribution < -0.4 is 15.4 Å². The van der Waals surface area contributed by atoms with Crippen molar-refractivity contribution < 1.29 is 17.9 Å². The number of rotatable bonds is 7. The Labute approximate surface area is 174 Å². The van der Waals surface area contributed by atoms with Gasteiger partial charge in [0.25, 0.3) is 0 Å². The van der Waals surface area contributed by atoms with Crippen LogP contribution >= 0.6 is 0 Å². The zero-order valence-electron chi connectivity index (χ0n) is 18.0. The first-order valence-electron chi connectivity index (χ1n) is 9.74. The molecule has 10 heteroatoms. The van der Waals surface area contributed by atoms with Gasteiger partial charge in [-0.25, -0.2) is 0 Å². The molecule has 0 aliphatic rings. The Morgan fingerprint density at radius 1 is 1.20 bits per heavy atom. The minimum absolute atomic E-state index is 0.0306. The molecular weight excluding hydrogens is 397 g/mol. The molecule has 0 saturated carbocycles. The summed E-state index contributed by atoms with van der Waals surface area (Å²) < 4.78 is 48.2. The molecule has 2 rings (SSSR count). The number of aryl methyl sites for hydroxylation is 1. The molecule has 1 heterocycles. The van der Waals surface area contributed by atoms with Crippen LogP contribution in [0.25, 0.3) is 0 Å². The van der Waals surface area contributed by atoms with Crippen LogP contribution in [0.2, 0.25) is 0 Å². The quantitative estimate of drug-likeness (QED) is 0.524. The zero-order valence-corrected chi connectivity index (χ0v) is 18.0. The Morgan fingerprint density at radius 2 is 1.93 bits per heavy atom. The zero-order chi connectivity index (χ0) is 22.4. The molecular formula is C20H29F3N6O. The van der Waals surface area contributed by atoms with Gasteiger partial charge >= 0.3 is 6.18 Å². The van der Waals surface area contributed by atoms with Crippen molar-refractivity contribution in [3.8, 4) is 5.75 Å². The highest BCUT2D eigenvalue weighted by Crippen LogP contribution is 2.35. The number of aromatic nitrogens is 3. The number of hydrogen-bond donors (Lipinski definition) is 2. The van der Waals surface area contributed by atoms with E-state index < -0.39 is 17.3 Å². The maximum Gasteiger partial charge on any atom is 0.416 e. The summed E-state index contributed by atoms with van der Waals surface area (Å²) in [5.41, 5.74) is -1.21. The van der Waals surface area contributed by atoms with Crippen molar-refractivity contribution in [2.75, 3.05) is 13.6 Å². The van der Waals surface area contributed by atoms with E-state index in [1.54, 1.807) is 40.2 Å². The van der Waals surface area contributed by atoms with Gasteiger partial charge < -0.3 is 19.9 Å². The molecule has 0 spiro atoms. The lowest BCUT2D eigenvalue weighted by atomic mass is 10.1. The van der Waals surface area contributed by atoms with Gasteiger partial charge in [0.15, 0.2) is 5.96 Å². The van der Waals surface area contributed by atoms with Gasteiger partial charge in [-0.05, 0) is 38.5 Å². The number of nitrogens with one attached hydrogen (secondary N) is 2. The summed E-state index contributed by atoms with van der Waals surface area (Å²) in [7, 11) is 1.57. The maximum absolute atomic E-state index is 13.6. The molecule has 166 valence electrons. The van der Waals surface area contributed by atoms with Crippen molar-refractivity contribution in [3.63, 3.8) is 0 Å². The van der Waals surface area contributed by atoms with Gasteiger partial charge in [0.05, 0.1) is 5.56 Å². The van der Waals surface area contributed by atoms with Crippen molar-refractivity contribution in [2.45, 2.75) is 59.0 Å². The van der Waals surface area contributed by atoms with E-state index in [0.717, 1.165) is 18.3 Å². The summed E-state index contributed by atoms with van der Waals surface area (Å²) in [6, 6.07) is 4.01. The SMILES string of the molecule is CCc1nncn1CCNC(=NC)NCc1ccc(OC(C)(C)C)cc1C(F)(F)F. The third-order valence-corrected chi connectivity index (χ3v) is 4.14. The number of benzene rings is 1. The number of guanidine groups is 1. The summed E-state index contributed by atoms with van der Waals surface area (Å²) in [6.07, 6.45) is -2.08. The second kappa shape index (κ2) is 9.82. The molecule has 30 heavy (non-hydrogen) atoms. The van der Waals surface area contributed by atoms with Gasteiger partial charge in [-0.3, -0.25) is 4.99 Å². The third kappa shape index (κ3) is 6.93. The lowest BCUT2D eigenvalue weighted by molar-refractivity contribution is -0.138. The predicted octanol–water partition coefficient (Wildman–Crippen LogP) is 3.40. The van der Waals surface area contributed by atoms with Crippen LogP contribution in [0, 0.1) is 0 Å². The minimum Gasteiger partial charge on any atom is -0.488 e. The summed E-state index contributed by atoms with van der Waals surface area (Å²) in [5.74, 6) is 1.46. The second-order valence-corrected chi connectivity index (χ2v) is 7.68. The van der Waals surface area contributed by atoms with Crippen LogP contribution in [-0.4, -0.2) is 39.9 Å². The first kappa shape index (κ1) is 23.5. The summed E-state index contributed by atoms with van der Waals surface area (Å²) in [5, 5.41) is 13.9. The van der Waals surface area contributed by atoms with Crippen molar-refractivity contribution in [1.82, 2.24) is 25.4 Å². The minimum atomic E-state index is -4.49. The highest BCUT2D eigenvalue weighted by atomic mass is 19.4. The standard InChI is InChI=1S/C20H29F3N6O/c1-6-17-28-27-13-29(17)10-9-25-18(24-5)26-12-14-7-8-15(30-19(2,3)4)11-16(14)20(21,22)23/h7-8,11,13H,6,9-10,12H2,1-5H3,(H2,24,25,26). The molecule has 0 bridgehead atoms. The van der Waals surface area contributed by atoms with Crippen LogP contribution in [0.1, 0.15) is 44.6 Å². The number of aliphatic imine (C=N–C) groups is 1. The molecule has 0 unspecified atom stereocenters. The molecule has 2 aromatic rings. The molecule has 0 radical (unpaired) electrons. The number of ether oxygens (including phenoxy) is 1. The van der Waals surface area contributed by atoms with Crippen molar-refractivity contribution in [3.05, 3.63) is 41.5 Å². The molecule has 0 aliphatic carbocycles. The average Bonchev–Trinajstić information content (AvgIpc) is 3.10. The second-order valence-electron chi connectivity index (χ2n) is 7.68. The fourth-order valence-corrected chi connectivity index (χ4v) is 2.82. The Kier molecular flexibility index (Phi) is 7.69. The maximum atomic E-state index is 13.6. The van der Waals surface area contributed by atoms with Crippen LogP contribution in [0.5, 0.6) is 5.75 Å². The highest BCUT2D eigenvalue weighted by molar-refractivity contribution is 5.79. The van der Waals surface area contributed by atoms with E-state index in [1.165, 1.54) is 6.07 Å². The average molecular weight is 426 g/mol. The van der Waals surface area contributed by atoms with E-state index in [0.29, 0.717) is 19.0 Å². The fourth-order valence-electron chi connectivity index (χ4n) is 2.82. The van der Waals surface area contributed by atoms with Gasteiger partial charge in [0.2, 0.25) is 0 Å². The first-order chi connectivity index (χ1) is 14.0. The molecule has 0 amide bonds. The summed E-state index contributed by atoms with van der Waals surface area (Å²) in [4.78, 5) is 4.07. The van der Waals surface area contributed by atoms with Crippen molar-refractivity contribution in [1.29, 1.82) is 0 Å². The van der Waals surface area contributed by atoms with Crippen LogP contribution in [-0.2, 0) is 25.7 Å². The van der Waals surface area contributed by atoms with E-state index in [4.69, 9.17) is 4.74 Å². The molecule has 1 aromatic heterocycles. The normalized spacial score (nSPS) is 12.7. The Hall–Kier alpha value is -2.78. The number of alkyl halides is 3.